The number of carboxylic acid groups (broad SMARTS) is 1. The van der Waals surface area contributed by atoms with Gasteiger partial charge in [0.2, 0.25) is 0 Å². The highest BCUT2D eigenvalue weighted by atomic mass is 32.2. The summed E-state index contributed by atoms with van der Waals surface area (Å²) < 4.78 is 32.4. The number of rotatable bonds is 8. The fourth-order valence-electron chi connectivity index (χ4n) is 2.49. The summed E-state index contributed by atoms with van der Waals surface area (Å²) in [6, 6.07) is 10.9. The lowest BCUT2D eigenvalue weighted by atomic mass is 9.95. The minimum absolute atomic E-state index is 0.0310. The summed E-state index contributed by atoms with van der Waals surface area (Å²) in [6.07, 6.45) is 0.0742. The molecule has 26 heavy (non-hydrogen) atoms. The maximum absolute atomic E-state index is 11.3. The maximum Gasteiger partial charge on any atom is 0.333 e. The molecule has 0 heterocycles. The zero-order chi connectivity index (χ0) is 19.3. The van der Waals surface area contributed by atoms with Crippen LogP contribution < -0.4 is 4.18 Å². The van der Waals surface area contributed by atoms with Crippen molar-refractivity contribution in [2.75, 3.05) is 12.9 Å². The first-order chi connectivity index (χ1) is 12.2. The molecule has 0 saturated heterocycles. The molecule has 0 radical (unpaired) electrons. The molecule has 2 aromatic rings. The summed E-state index contributed by atoms with van der Waals surface area (Å²) in [5.74, 6) is -0.873. The van der Waals surface area contributed by atoms with E-state index < -0.39 is 22.2 Å². The zero-order valence-corrected chi connectivity index (χ0v) is 15.2. The topological polar surface area (TPSA) is 110 Å². The third kappa shape index (κ3) is 5.47. The van der Waals surface area contributed by atoms with Gasteiger partial charge >= 0.3 is 16.1 Å². The smallest absolute Gasteiger partial charge is 0.333 e. The van der Waals surface area contributed by atoms with Crippen LogP contribution >= 0.6 is 0 Å². The Morgan fingerprint density at radius 1 is 1.15 bits per heavy atom. The van der Waals surface area contributed by atoms with Gasteiger partial charge in [0, 0.05) is 13.0 Å². The molecule has 0 unspecified atom stereocenters. The van der Waals surface area contributed by atoms with E-state index in [4.69, 9.17) is 8.92 Å². The predicted molar refractivity (Wildman–Crippen MR) is 95.8 cm³/mol. The largest absolute Gasteiger partial charge is 0.508 e. The van der Waals surface area contributed by atoms with Gasteiger partial charge in [-0.25, -0.2) is 4.79 Å². The highest BCUT2D eigenvalue weighted by molar-refractivity contribution is 7.86. The second-order valence-electron chi connectivity index (χ2n) is 5.64. The molecule has 0 amide bonds. The van der Waals surface area contributed by atoms with Gasteiger partial charge in [0.05, 0.1) is 6.26 Å². The van der Waals surface area contributed by atoms with Crippen LogP contribution in [0.4, 0.5) is 0 Å². The van der Waals surface area contributed by atoms with Crippen molar-refractivity contribution in [1.29, 1.82) is 0 Å². The molecule has 0 aliphatic heterocycles. The van der Waals surface area contributed by atoms with Crippen LogP contribution in [0, 0.1) is 0 Å². The number of hydrogen-bond donors (Lipinski definition) is 2. The normalized spacial score (nSPS) is 12.5. The number of carbonyl (C=O) groups is 1. The van der Waals surface area contributed by atoms with Crippen molar-refractivity contribution in [3.05, 3.63) is 48.0 Å². The SMILES string of the molecule is CCO[C@@H](Cc1ccc(O)cc1-c1ccc(OS(C)(=O)=O)cc1)C(=O)O. The second kappa shape index (κ2) is 8.20. The first kappa shape index (κ1) is 19.7. The van der Waals surface area contributed by atoms with Gasteiger partial charge < -0.3 is 19.1 Å². The molecule has 2 rings (SSSR count). The lowest BCUT2D eigenvalue weighted by molar-refractivity contribution is -0.149. The van der Waals surface area contributed by atoms with Crippen LogP contribution in [0.3, 0.4) is 0 Å². The summed E-state index contributed by atoms with van der Waals surface area (Å²) in [4.78, 5) is 11.3. The molecule has 1 atom stereocenters. The molecular weight excluding hydrogens is 360 g/mol. The lowest BCUT2D eigenvalue weighted by Gasteiger charge is -2.16. The van der Waals surface area contributed by atoms with Gasteiger partial charge in [-0.2, -0.15) is 8.42 Å². The predicted octanol–water partition coefficient (Wildman–Crippen LogP) is 2.43. The summed E-state index contributed by atoms with van der Waals surface area (Å²) >= 11 is 0. The van der Waals surface area contributed by atoms with Gasteiger partial charge in [0.1, 0.15) is 11.5 Å². The Balaban J connectivity index is 2.36. The van der Waals surface area contributed by atoms with Crippen LogP contribution in [0.5, 0.6) is 11.5 Å². The standard InChI is InChI=1S/C18H20O7S/c1-3-24-17(18(20)21)10-13-4-7-14(19)11-16(13)12-5-8-15(9-6-12)25-26(2,22)23/h4-9,11,17,19H,3,10H2,1-2H3,(H,20,21)/t17-/m0/s1. The number of carboxylic acids is 1. The van der Waals surface area contributed by atoms with Crippen molar-refractivity contribution < 1.29 is 32.3 Å². The van der Waals surface area contributed by atoms with Gasteiger partial charge in [-0.3, -0.25) is 0 Å². The molecule has 7 nitrogen and oxygen atoms in total. The Morgan fingerprint density at radius 2 is 1.81 bits per heavy atom. The maximum atomic E-state index is 11.3. The number of phenols is 1. The Bertz CT molecular complexity index is 873. The molecular formula is C18H20O7S. The molecule has 2 aromatic carbocycles. The fourth-order valence-corrected chi connectivity index (χ4v) is 2.96. The Hall–Kier alpha value is -2.58. The van der Waals surface area contributed by atoms with Crippen molar-refractivity contribution in [2.45, 2.75) is 19.4 Å². The number of aromatic hydroxyl groups is 1. The first-order valence-electron chi connectivity index (χ1n) is 7.86. The number of benzene rings is 2. The molecule has 0 aromatic heterocycles. The minimum Gasteiger partial charge on any atom is -0.508 e. The number of hydrogen-bond acceptors (Lipinski definition) is 6. The molecule has 0 bridgehead atoms. The second-order valence-corrected chi connectivity index (χ2v) is 7.21. The van der Waals surface area contributed by atoms with E-state index in [1.165, 1.54) is 24.3 Å². The van der Waals surface area contributed by atoms with E-state index >= 15 is 0 Å². The Morgan fingerprint density at radius 3 is 2.35 bits per heavy atom. The van der Waals surface area contributed by atoms with Gasteiger partial charge in [-0.05, 0) is 47.9 Å². The monoisotopic (exact) mass is 380 g/mol. The molecule has 8 heteroatoms. The highest BCUT2D eigenvalue weighted by Crippen LogP contribution is 2.30. The Labute approximate surface area is 151 Å². The van der Waals surface area contributed by atoms with E-state index in [1.54, 1.807) is 25.1 Å². The van der Waals surface area contributed by atoms with Gasteiger partial charge in [0.15, 0.2) is 6.10 Å². The van der Waals surface area contributed by atoms with Crippen LogP contribution in [0.2, 0.25) is 0 Å². The first-order valence-corrected chi connectivity index (χ1v) is 9.67. The van der Waals surface area contributed by atoms with Crippen LogP contribution in [0.25, 0.3) is 11.1 Å². The van der Waals surface area contributed by atoms with E-state index in [0.717, 1.165) is 6.26 Å². The summed E-state index contributed by atoms with van der Waals surface area (Å²) in [6.45, 7) is 1.98. The molecule has 0 aliphatic carbocycles. The summed E-state index contributed by atoms with van der Waals surface area (Å²) in [5, 5.41) is 19.1. The van der Waals surface area contributed by atoms with Crippen molar-refractivity contribution in [1.82, 2.24) is 0 Å². The lowest BCUT2D eigenvalue weighted by Crippen LogP contribution is -2.26. The number of phenolic OH excluding ortho intramolecular Hbond substituents is 1. The van der Waals surface area contributed by atoms with Gasteiger partial charge in [-0.15, -0.1) is 0 Å². The van der Waals surface area contributed by atoms with Crippen LogP contribution in [-0.2, 0) is 26.1 Å². The van der Waals surface area contributed by atoms with Crippen LogP contribution in [0.15, 0.2) is 42.5 Å². The van der Waals surface area contributed by atoms with Crippen molar-refractivity contribution >= 4 is 16.1 Å². The number of aliphatic carboxylic acids is 1. The van der Waals surface area contributed by atoms with Crippen molar-refractivity contribution in [3.63, 3.8) is 0 Å². The molecule has 0 fully saturated rings. The van der Waals surface area contributed by atoms with E-state index in [2.05, 4.69) is 0 Å². The van der Waals surface area contributed by atoms with E-state index in [-0.39, 0.29) is 24.5 Å². The minimum atomic E-state index is -3.62. The van der Waals surface area contributed by atoms with Crippen LogP contribution in [-0.4, -0.2) is 43.6 Å². The Kier molecular flexibility index (Phi) is 6.23. The molecule has 0 saturated carbocycles. The fraction of sp³-hybridized carbons (Fsp3) is 0.278. The quantitative estimate of drug-likeness (QED) is 0.677. The van der Waals surface area contributed by atoms with Gasteiger partial charge in [-0.1, -0.05) is 18.2 Å². The van der Waals surface area contributed by atoms with E-state index in [9.17, 15) is 23.4 Å². The zero-order valence-electron chi connectivity index (χ0n) is 14.4. The highest BCUT2D eigenvalue weighted by Gasteiger charge is 2.20. The number of ether oxygens (including phenoxy) is 1. The van der Waals surface area contributed by atoms with Crippen LogP contribution in [0.1, 0.15) is 12.5 Å². The molecule has 0 spiro atoms. The average Bonchev–Trinajstić information content (AvgIpc) is 2.55. The van der Waals surface area contributed by atoms with Crippen molar-refractivity contribution in [2.24, 2.45) is 0 Å². The van der Waals surface area contributed by atoms with E-state index in [1.807, 2.05) is 0 Å². The molecule has 0 aliphatic rings. The summed E-state index contributed by atoms with van der Waals surface area (Å²) in [7, 11) is -3.62. The molecule has 2 N–H and O–H groups in total. The third-order valence-corrected chi connectivity index (χ3v) is 4.05. The molecule has 140 valence electrons. The van der Waals surface area contributed by atoms with Crippen molar-refractivity contribution in [3.8, 4) is 22.6 Å². The average molecular weight is 380 g/mol. The van der Waals surface area contributed by atoms with E-state index in [0.29, 0.717) is 16.7 Å². The third-order valence-electron chi connectivity index (χ3n) is 3.55. The summed E-state index contributed by atoms with van der Waals surface area (Å²) in [5.41, 5.74) is 1.99. The van der Waals surface area contributed by atoms with Gasteiger partial charge in [0.25, 0.3) is 0 Å².